The highest BCUT2D eigenvalue weighted by Crippen LogP contribution is 2.54. The van der Waals surface area contributed by atoms with Gasteiger partial charge in [-0.15, -0.1) is 0 Å². The van der Waals surface area contributed by atoms with Gasteiger partial charge in [0.2, 0.25) is 0 Å². The van der Waals surface area contributed by atoms with Gasteiger partial charge in [-0.2, -0.15) is 0 Å². The summed E-state index contributed by atoms with van der Waals surface area (Å²) in [5, 5.41) is 3.89. The molecule has 19 heavy (non-hydrogen) atoms. The molecule has 0 saturated heterocycles. The number of aryl methyl sites for hydroxylation is 2. The molecule has 0 atom stereocenters. The predicted octanol–water partition coefficient (Wildman–Crippen LogP) is 4.54. The largest absolute Gasteiger partial charge is 0.382 e. The van der Waals surface area contributed by atoms with Crippen LogP contribution in [0.4, 0.5) is 5.69 Å². The number of hydrogen-bond donors (Lipinski definition) is 1. The Morgan fingerprint density at radius 3 is 2.05 bits per heavy atom. The second kappa shape index (κ2) is 4.26. The minimum absolute atomic E-state index is 0.759. The molecule has 4 aliphatic rings. The van der Waals surface area contributed by atoms with Gasteiger partial charge in [-0.25, -0.2) is 0 Å². The number of hydrogen-bond acceptors (Lipinski definition) is 1. The van der Waals surface area contributed by atoms with Crippen LogP contribution >= 0.6 is 0 Å². The van der Waals surface area contributed by atoms with Crippen molar-refractivity contribution >= 4 is 5.69 Å². The summed E-state index contributed by atoms with van der Waals surface area (Å²) in [7, 11) is 0. The molecule has 1 nitrogen and oxygen atoms in total. The van der Waals surface area contributed by atoms with Crippen LogP contribution < -0.4 is 5.32 Å². The predicted molar refractivity (Wildman–Crippen MR) is 80.4 cm³/mol. The first kappa shape index (κ1) is 11.8. The molecule has 1 aromatic rings. The van der Waals surface area contributed by atoms with Gasteiger partial charge in [-0.05, 0) is 92.9 Å². The van der Waals surface area contributed by atoms with Crippen molar-refractivity contribution in [2.24, 2.45) is 23.7 Å². The van der Waals surface area contributed by atoms with E-state index in [0.29, 0.717) is 0 Å². The fourth-order valence-electron chi connectivity index (χ4n) is 5.18. The van der Waals surface area contributed by atoms with Crippen LogP contribution in [0.5, 0.6) is 0 Å². The minimum atomic E-state index is 0.759. The lowest BCUT2D eigenvalue weighted by Crippen LogP contribution is -2.51. The maximum Gasteiger partial charge on any atom is 0.0345 e. The smallest absolute Gasteiger partial charge is 0.0345 e. The molecule has 1 heteroatoms. The van der Waals surface area contributed by atoms with E-state index >= 15 is 0 Å². The summed E-state index contributed by atoms with van der Waals surface area (Å²) in [6.07, 6.45) is 7.53. The zero-order valence-corrected chi connectivity index (χ0v) is 12.2. The van der Waals surface area contributed by atoms with Crippen LogP contribution in [0.2, 0.25) is 0 Å². The summed E-state index contributed by atoms with van der Waals surface area (Å²) < 4.78 is 0. The Kier molecular flexibility index (Phi) is 2.65. The lowest BCUT2D eigenvalue weighted by Gasteiger charge is -2.54. The number of anilines is 1. The Bertz CT molecular complexity index is 462. The third-order valence-electron chi connectivity index (χ3n) is 6.07. The van der Waals surface area contributed by atoms with Crippen LogP contribution in [0.3, 0.4) is 0 Å². The van der Waals surface area contributed by atoms with Gasteiger partial charge in [0.15, 0.2) is 0 Å². The van der Waals surface area contributed by atoms with E-state index in [1.165, 1.54) is 42.5 Å². The molecule has 1 N–H and O–H groups in total. The van der Waals surface area contributed by atoms with E-state index in [4.69, 9.17) is 0 Å². The number of nitrogens with one attached hydrogen (secondary N) is 1. The average molecular weight is 255 g/mol. The van der Waals surface area contributed by atoms with Gasteiger partial charge in [-0.1, -0.05) is 6.07 Å². The average Bonchev–Trinajstić information content (AvgIpc) is 2.37. The number of benzene rings is 1. The lowest BCUT2D eigenvalue weighted by atomic mass is 9.54. The Labute approximate surface area is 116 Å². The van der Waals surface area contributed by atoms with Gasteiger partial charge in [-0.3, -0.25) is 0 Å². The standard InChI is InChI=1S/C18H25N/c1-11-3-4-17(5-12(11)2)19-18-15-7-13-6-14(9-15)10-16(18)8-13/h3-5,13-16,18-19H,6-10H2,1-2H3. The van der Waals surface area contributed by atoms with Crippen molar-refractivity contribution in [1.82, 2.24) is 0 Å². The Hall–Kier alpha value is -0.980. The molecule has 0 spiro atoms. The van der Waals surface area contributed by atoms with E-state index in [1.54, 1.807) is 6.42 Å². The quantitative estimate of drug-likeness (QED) is 0.818. The molecular formula is C18H25N. The van der Waals surface area contributed by atoms with Crippen molar-refractivity contribution in [3.05, 3.63) is 29.3 Å². The van der Waals surface area contributed by atoms with Crippen LogP contribution in [-0.2, 0) is 0 Å². The first-order chi connectivity index (χ1) is 9.19. The summed E-state index contributed by atoms with van der Waals surface area (Å²) >= 11 is 0. The molecular weight excluding hydrogens is 230 g/mol. The van der Waals surface area contributed by atoms with Crippen LogP contribution in [0.1, 0.15) is 43.2 Å². The number of rotatable bonds is 2. The van der Waals surface area contributed by atoms with Crippen molar-refractivity contribution in [2.45, 2.75) is 52.0 Å². The van der Waals surface area contributed by atoms with E-state index in [2.05, 4.69) is 37.4 Å². The van der Waals surface area contributed by atoms with Gasteiger partial charge in [0.1, 0.15) is 0 Å². The summed E-state index contributed by atoms with van der Waals surface area (Å²) in [4.78, 5) is 0. The first-order valence-electron chi connectivity index (χ1n) is 8.03. The summed E-state index contributed by atoms with van der Waals surface area (Å²) in [5.74, 6) is 4.05. The molecule has 4 bridgehead atoms. The van der Waals surface area contributed by atoms with E-state index in [9.17, 15) is 0 Å². The Morgan fingerprint density at radius 2 is 1.47 bits per heavy atom. The highest BCUT2D eigenvalue weighted by atomic mass is 14.9. The highest BCUT2D eigenvalue weighted by Gasteiger charge is 2.48. The molecule has 0 unspecified atom stereocenters. The van der Waals surface area contributed by atoms with E-state index in [1.807, 2.05) is 0 Å². The molecule has 0 aromatic heterocycles. The van der Waals surface area contributed by atoms with Crippen molar-refractivity contribution in [3.63, 3.8) is 0 Å². The van der Waals surface area contributed by atoms with Gasteiger partial charge in [0.25, 0.3) is 0 Å². The van der Waals surface area contributed by atoms with Crippen molar-refractivity contribution in [1.29, 1.82) is 0 Å². The molecule has 5 rings (SSSR count). The second-order valence-corrected chi connectivity index (χ2v) is 7.40. The normalized spacial score (nSPS) is 39.6. The van der Waals surface area contributed by atoms with Crippen molar-refractivity contribution in [3.8, 4) is 0 Å². The van der Waals surface area contributed by atoms with Gasteiger partial charge >= 0.3 is 0 Å². The molecule has 0 heterocycles. The fraction of sp³-hybridized carbons (Fsp3) is 0.667. The Morgan fingerprint density at radius 1 is 0.842 bits per heavy atom. The lowest BCUT2D eigenvalue weighted by molar-refractivity contribution is 0.00754. The molecule has 1 aromatic carbocycles. The zero-order chi connectivity index (χ0) is 13.0. The summed E-state index contributed by atoms with van der Waals surface area (Å²) in [6, 6.07) is 7.62. The molecule has 4 aliphatic carbocycles. The third kappa shape index (κ3) is 1.98. The van der Waals surface area contributed by atoms with Gasteiger partial charge < -0.3 is 5.32 Å². The van der Waals surface area contributed by atoms with Crippen molar-refractivity contribution in [2.75, 3.05) is 5.32 Å². The molecule has 0 amide bonds. The molecule has 0 radical (unpaired) electrons. The van der Waals surface area contributed by atoms with E-state index in [-0.39, 0.29) is 0 Å². The maximum atomic E-state index is 3.89. The second-order valence-electron chi connectivity index (χ2n) is 7.40. The first-order valence-corrected chi connectivity index (χ1v) is 8.03. The summed E-state index contributed by atoms with van der Waals surface area (Å²) in [6.45, 7) is 4.42. The van der Waals surface area contributed by atoms with Crippen LogP contribution in [-0.4, -0.2) is 6.04 Å². The zero-order valence-electron chi connectivity index (χ0n) is 12.2. The minimum Gasteiger partial charge on any atom is -0.382 e. The van der Waals surface area contributed by atoms with Crippen LogP contribution in [0.25, 0.3) is 0 Å². The molecule has 4 fully saturated rings. The SMILES string of the molecule is Cc1ccc(NC2C3CC4CC(C3)CC2C4)cc1C. The maximum absolute atomic E-state index is 3.89. The van der Waals surface area contributed by atoms with E-state index in [0.717, 1.165) is 29.7 Å². The Balaban J connectivity index is 1.55. The van der Waals surface area contributed by atoms with Gasteiger partial charge in [0.05, 0.1) is 0 Å². The van der Waals surface area contributed by atoms with E-state index < -0.39 is 0 Å². The van der Waals surface area contributed by atoms with Gasteiger partial charge in [0, 0.05) is 11.7 Å². The highest BCUT2D eigenvalue weighted by molar-refractivity contribution is 5.49. The fourth-order valence-corrected chi connectivity index (χ4v) is 5.18. The molecule has 4 saturated carbocycles. The third-order valence-corrected chi connectivity index (χ3v) is 6.07. The van der Waals surface area contributed by atoms with Crippen molar-refractivity contribution < 1.29 is 0 Å². The van der Waals surface area contributed by atoms with Crippen LogP contribution in [0, 0.1) is 37.5 Å². The molecule has 0 aliphatic heterocycles. The monoisotopic (exact) mass is 255 g/mol. The van der Waals surface area contributed by atoms with Crippen LogP contribution in [0.15, 0.2) is 18.2 Å². The topological polar surface area (TPSA) is 12.0 Å². The molecule has 102 valence electrons. The summed E-state index contributed by atoms with van der Waals surface area (Å²) in [5.41, 5.74) is 4.16.